The van der Waals surface area contributed by atoms with Crippen molar-refractivity contribution in [2.45, 2.75) is 19.4 Å². The van der Waals surface area contributed by atoms with Crippen molar-refractivity contribution in [1.29, 1.82) is 5.26 Å². The summed E-state index contributed by atoms with van der Waals surface area (Å²) >= 11 is 0. The molecule has 1 aromatic rings. The number of aliphatic hydroxyl groups excluding tert-OH is 1. The number of benzene rings is 1. The molecular formula is C12H14N2O. The molecule has 0 unspecified atom stereocenters. The maximum absolute atomic E-state index is 9.04. The largest absolute Gasteiger partial charge is 0.392 e. The number of aliphatic hydroxyl groups is 1. The second-order valence-corrected chi connectivity index (χ2v) is 3.81. The molecule has 2 rings (SSSR count). The first-order valence-electron chi connectivity index (χ1n) is 5.24. The van der Waals surface area contributed by atoms with Crippen molar-refractivity contribution in [2.75, 3.05) is 18.0 Å². The average molecular weight is 202 g/mol. The van der Waals surface area contributed by atoms with Gasteiger partial charge in [0.05, 0.1) is 18.2 Å². The topological polar surface area (TPSA) is 47.3 Å². The van der Waals surface area contributed by atoms with Gasteiger partial charge < -0.3 is 10.0 Å². The molecule has 0 aromatic heterocycles. The molecule has 0 atom stereocenters. The van der Waals surface area contributed by atoms with E-state index in [1.165, 1.54) is 12.8 Å². The summed E-state index contributed by atoms with van der Waals surface area (Å²) in [7, 11) is 0. The number of nitrogens with zero attached hydrogens (tertiary/aromatic N) is 2. The SMILES string of the molecule is N#Cc1cc(N2CCCC2)ccc1CO. The van der Waals surface area contributed by atoms with E-state index in [1.807, 2.05) is 18.2 Å². The van der Waals surface area contributed by atoms with E-state index >= 15 is 0 Å². The Kier molecular flexibility index (Phi) is 2.89. The van der Waals surface area contributed by atoms with Crippen molar-refractivity contribution in [3.05, 3.63) is 29.3 Å². The van der Waals surface area contributed by atoms with Crippen molar-refractivity contribution >= 4 is 5.69 Å². The molecule has 1 saturated heterocycles. The summed E-state index contributed by atoms with van der Waals surface area (Å²) in [5.41, 5.74) is 2.39. The van der Waals surface area contributed by atoms with Crippen LogP contribution in [-0.2, 0) is 6.61 Å². The molecule has 0 amide bonds. The van der Waals surface area contributed by atoms with Crippen LogP contribution in [0.4, 0.5) is 5.69 Å². The molecule has 1 aliphatic rings. The van der Waals surface area contributed by atoms with E-state index in [4.69, 9.17) is 10.4 Å². The Bertz CT molecular complexity index is 389. The molecule has 1 aromatic carbocycles. The number of rotatable bonds is 2. The number of nitriles is 1. The van der Waals surface area contributed by atoms with Crippen molar-refractivity contribution in [3.8, 4) is 6.07 Å². The predicted octanol–water partition coefficient (Wildman–Crippen LogP) is 1.65. The van der Waals surface area contributed by atoms with Gasteiger partial charge in [0.25, 0.3) is 0 Å². The molecule has 1 fully saturated rings. The Morgan fingerprint density at radius 2 is 2.07 bits per heavy atom. The monoisotopic (exact) mass is 202 g/mol. The normalized spacial score (nSPS) is 15.3. The van der Waals surface area contributed by atoms with Crippen LogP contribution in [0.15, 0.2) is 18.2 Å². The lowest BCUT2D eigenvalue weighted by Gasteiger charge is -2.18. The molecule has 3 heteroatoms. The van der Waals surface area contributed by atoms with Crippen LogP contribution in [0, 0.1) is 11.3 Å². The summed E-state index contributed by atoms with van der Waals surface area (Å²) in [6.45, 7) is 2.08. The maximum atomic E-state index is 9.04. The van der Waals surface area contributed by atoms with Crippen LogP contribution in [0.5, 0.6) is 0 Å². The van der Waals surface area contributed by atoms with Gasteiger partial charge in [-0.3, -0.25) is 0 Å². The summed E-state index contributed by atoms with van der Waals surface area (Å²) in [6.07, 6.45) is 2.45. The van der Waals surface area contributed by atoms with Gasteiger partial charge in [-0.15, -0.1) is 0 Å². The Morgan fingerprint density at radius 1 is 1.33 bits per heavy atom. The van der Waals surface area contributed by atoms with Crippen LogP contribution < -0.4 is 4.90 Å². The third kappa shape index (κ3) is 1.95. The third-order valence-electron chi connectivity index (χ3n) is 2.86. The lowest BCUT2D eigenvalue weighted by Crippen LogP contribution is -2.17. The van der Waals surface area contributed by atoms with Crippen LogP contribution in [0.25, 0.3) is 0 Å². The van der Waals surface area contributed by atoms with Crippen LogP contribution >= 0.6 is 0 Å². The standard InChI is InChI=1S/C12H14N2O/c13-8-11-7-12(4-3-10(11)9-15)14-5-1-2-6-14/h3-4,7,15H,1-2,5-6,9H2. The molecule has 1 aliphatic heterocycles. The lowest BCUT2D eigenvalue weighted by atomic mass is 10.1. The fourth-order valence-corrected chi connectivity index (χ4v) is 1.98. The molecule has 0 bridgehead atoms. The molecule has 0 aliphatic carbocycles. The second-order valence-electron chi connectivity index (χ2n) is 3.81. The highest BCUT2D eigenvalue weighted by Crippen LogP contribution is 2.23. The smallest absolute Gasteiger partial charge is 0.0996 e. The van der Waals surface area contributed by atoms with Crippen LogP contribution in [0.2, 0.25) is 0 Å². The molecule has 1 heterocycles. The molecule has 15 heavy (non-hydrogen) atoms. The van der Waals surface area contributed by atoms with Crippen LogP contribution in [0.1, 0.15) is 24.0 Å². The van der Waals surface area contributed by atoms with Gasteiger partial charge in [0, 0.05) is 18.8 Å². The highest BCUT2D eigenvalue weighted by Gasteiger charge is 2.13. The number of hydrogen-bond acceptors (Lipinski definition) is 3. The van der Waals surface area contributed by atoms with Crippen molar-refractivity contribution < 1.29 is 5.11 Å². The molecule has 0 saturated carbocycles. The van der Waals surface area contributed by atoms with E-state index in [0.29, 0.717) is 11.1 Å². The summed E-state index contributed by atoms with van der Waals surface area (Å²) in [4.78, 5) is 2.28. The highest BCUT2D eigenvalue weighted by molar-refractivity contribution is 5.54. The van der Waals surface area contributed by atoms with E-state index in [-0.39, 0.29) is 6.61 Å². The van der Waals surface area contributed by atoms with E-state index in [9.17, 15) is 0 Å². The van der Waals surface area contributed by atoms with Gasteiger partial charge in [-0.2, -0.15) is 5.26 Å². The van der Waals surface area contributed by atoms with Crippen molar-refractivity contribution in [3.63, 3.8) is 0 Å². The first kappa shape index (κ1) is 10.0. The average Bonchev–Trinajstić information content (AvgIpc) is 2.81. The molecular weight excluding hydrogens is 188 g/mol. The molecule has 1 N–H and O–H groups in total. The molecule has 78 valence electrons. The van der Waals surface area contributed by atoms with Crippen LogP contribution in [-0.4, -0.2) is 18.2 Å². The fraction of sp³-hybridized carbons (Fsp3) is 0.417. The predicted molar refractivity (Wildman–Crippen MR) is 58.5 cm³/mol. The van der Waals surface area contributed by atoms with Gasteiger partial charge >= 0.3 is 0 Å². The minimum absolute atomic E-state index is 0.0663. The first-order valence-corrected chi connectivity index (χ1v) is 5.24. The van der Waals surface area contributed by atoms with E-state index < -0.39 is 0 Å². The van der Waals surface area contributed by atoms with E-state index in [0.717, 1.165) is 18.8 Å². The second kappa shape index (κ2) is 4.33. The first-order chi connectivity index (χ1) is 7.35. The molecule has 3 nitrogen and oxygen atoms in total. The Morgan fingerprint density at radius 3 is 2.67 bits per heavy atom. The van der Waals surface area contributed by atoms with Crippen LogP contribution in [0.3, 0.4) is 0 Å². The van der Waals surface area contributed by atoms with Gasteiger partial charge in [-0.25, -0.2) is 0 Å². The minimum atomic E-state index is -0.0663. The highest BCUT2D eigenvalue weighted by atomic mass is 16.3. The summed E-state index contributed by atoms with van der Waals surface area (Å²) in [5.74, 6) is 0. The minimum Gasteiger partial charge on any atom is -0.392 e. The van der Waals surface area contributed by atoms with Gasteiger partial charge in [-0.05, 0) is 30.5 Å². The van der Waals surface area contributed by atoms with E-state index in [2.05, 4.69) is 11.0 Å². The zero-order chi connectivity index (χ0) is 10.7. The van der Waals surface area contributed by atoms with Gasteiger partial charge in [0.15, 0.2) is 0 Å². The summed E-state index contributed by atoms with van der Waals surface area (Å²) < 4.78 is 0. The fourth-order valence-electron chi connectivity index (χ4n) is 1.98. The van der Waals surface area contributed by atoms with Gasteiger partial charge in [0.1, 0.15) is 0 Å². The maximum Gasteiger partial charge on any atom is 0.0996 e. The Balaban J connectivity index is 2.30. The zero-order valence-corrected chi connectivity index (χ0v) is 8.61. The quantitative estimate of drug-likeness (QED) is 0.793. The summed E-state index contributed by atoms with van der Waals surface area (Å²) in [6, 6.07) is 7.82. The van der Waals surface area contributed by atoms with Gasteiger partial charge in [0.2, 0.25) is 0 Å². The number of hydrogen-bond donors (Lipinski definition) is 1. The van der Waals surface area contributed by atoms with Gasteiger partial charge in [-0.1, -0.05) is 6.07 Å². The Labute approximate surface area is 89.6 Å². The Hall–Kier alpha value is -1.53. The third-order valence-corrected chi connectivity index (χ3v) is 2.86. The zero-order valence-electron chi connectivity index (χ0n) is 8.61. The lowest BCUT2D eigenvalue weighted by molar-refractivity contribution is 0.281. The van der Waals surface area contributed by atoms with Crippen molar-refractivity contribution in [1.82, 2.24) is 0 Å². The molecule has 0 spiro atoms. The summed E-state index contributed by atoms with van der Waals surface area (Å²) in [5, 5.41) is 18.0. The number of anilines is 1. The molecule has 0 radical (unpaired) electrons. The van der Waals surface area contributed by atoms with Crippen molar-refractivity contribution in [2.24, 2.45) is 0 Å². The van der Waals surface area contributed by atoms with E-state index in [1.54, 1.807) is 0 Å².